The predicted octanol–water partition coefficient (Wildman–Crippen LogP) is 2.12. The van der Waals surface area contributed by atoms with E-state index in [9.17, 15) is 0 Å². The highest BCUT2D eigenvalue weighted by molar-refractivity contribution is 5.91. The van der Waals surface area contributed by atoms with E-state index in [2.05, 4.69) is 26.6 Å². The lowest BCUT2D eigenvalue weighted by Crippen LogP contribution is -1.80. The maximum Gasteiger partial charge on any atom is 0.114 e. The molecule has 0 unspecified atom stereocenters. The summed E-state index contributed by atoms with van der Waals surface area (Å²) in [6, 6.07) is 6.11. The van der Waals surface area contributed by atoms with Gasteiger partial charge in [0.25, 0.3) is 0 Å². The average molecular weight is 171 g/mol. The molecule has 0 aliphatic carbocycles. The van der Waals surface area contributed by atoms with E-state index in [1.807, 2.05) is 25.3 Å². The maximum absolute atomic E-state index is 4.42. The second-order valence-corrected chi connectivity index (χ2v) is 3.21. The van der Waals surface area contributed by atoms with Gasteiger partial charge in [-0.3, -0.25) is 0 Å². The molecule has 0 saturated carbocycles. The van der Waals surface area contributed by atoms with Crippen LogP contribution in [0.3, 0.4) is 0 Å². The summed E-state index contributed by atoms with van der Waals surface area (Å²) in [6.45, 7) is 1.97. The topological polar surface area (TPSA) is 33.1 Å². The Morgan fingerprint density at radius 2 is 2.31 bits per heavy atom. The first-order chi connectivity index (χ1) is 6.34. The standard InChI is InChI=1S/C10H9N3/c1-7-11-8-6-13-5-3-2-4-9(13)10(8)12-7/h2-6H,1H3,(H,11,12). The molecule has 0 saturated heterocycles. The van der Waals surface area contributed by atoms with Gasteiger partial charge >= 0.3 is 0 Å². The van der Waals surface area contributed by atoms with Crippen LogP contribution in [0, 0.1) is 6.92 Å². The lowest BCUT2D eigenvalue weighted by Gasteiger charge is -1.90. The molecule has 3 aromatic rings. The summed E-state index contributed by atoms with van der Waals surface area (Å²) < 4.78 is 2.08. The molecule has 0 radical (unpaired) electrons. The Morgan fingerprint density at radius 1 is 1.38 bits per heavy atom. The molecule has 0 fully saturated rings. The van der Waals surface area contributed by atoms with Crippen molar-refractivity contribution in [3.05, 3.63) is 36.4 Å². The largest absolute Gasteiger partial charge is 0.341 e. The molecule has 0 aliphatic rings. The summed E-state index contributed by atoms with van der Waals surface area (Å²) in [5, 5.41) is 0. The number of fused-ring (bicyclic) bond motifs is 3. The third kappa shape index (κ3) is 0.811. The van der Waals surface area contributed by atoms with E-state index in [0.717, 1.165) is 22.4 Å². The van der Waals surface area contributed by atoms with Gasteiger partial charge in [0.1, 0.15) is 11.3 Å². The molecule has 3 aromatic heterocycles. The third-order valence-corrected chi connectivity index (χ3v) is 2.25. The summed E-state index contributed by atoms with van der Waals surface area (Å²) in [6.07, 6.45) is 4.09. The van der Waals surface area contributed by atoms with Gasteiger partial charge in [-0.1, -0.05) is 6.07 Å². The fourth-order valence-electron chi connectivity index (χ4n) is 1.71. The molecule has 0 atom stereocenters. The first-order valence-corrected chi connectivity index (χ1v) is 4.26. The van der Waals surface area contributed by atoms with Crippen molar-refractivity contribution in [2.45, 2.75) is 6.92 Å². The Kier molecular flexibility index (Phi) is 1.10. The van der Waals surface area contributed by atoms with E-state index < -0.39 is 0 Å². The molecule has 0 aromatic carbocycles. The van der Waals surface area contributed by atoms with E-state index in [0.29, 0.717) is 0 Å². The van der Waals surface area contributed by atoms with E-state index in [-0.39, 0.29) is 0 Å². The molecule has 13 heavy (non-hydrogen) atoms. The zero-order chi connectivity index (χ0) is 8.84. The number of aromatic amines is 1. The van der Waals surface area contributed by atoms with Gasteiger partial charge < -0.3 is 9.38 Å². The number of aryl methyl sites for hydroxylation is 1. The molecule has 0 amide bonds. The van der Waals surface area contributed by atoms with Crippen LogP contribution >= 0.6 is 0 Å². The van der Waals surface area contributed by atoms with Gasteiger partial charge in [-0.2, -0.15) is 0 Å². The minimum atomic E-state index is 0.969. The third-order valence-electron chi connectivity index (χ3n) is 2.25. The van der Waals surface area contributed by atoms with Crippen molar-refractivity contribution in [3.8, 4) is 0 Å². The number of pyridine rings is 1. The first-order valence-electron chi connectivity index (χ1n) is 4.26. The summed E-state index contributed by atoms with van der Waals surface area (Å²) in [5.41, 5.74) is 3.31. The summed E-state index contributed by atoms with van der Waals surface area (Å²) >= 11 is 0. The summed E-state index contributed by atoms with van der Waals surface area (Å²) in [7, 11) is 0. The van der Waals surface area contributed by atoms with Crippen LogP contribution < -0.4 is 0 Å². The van der Waals surface area contributed by atoms with Crippen molar-refractivity contribution in [3.63, 3.8) is 0 Å². The predicted molar refractivity (Wildman–Crippen MR) is 51.8 cm³/mol. The SMILES string of the molecule is Cc1nc2c(cn3ccccc23)[nH]1. The number of imidazole rings is 1. The fourth-order valence-corrected chi connectivity index (χ4v) is 1.71. The molecular weight excluding hydrogens is 162 g/mol. The second-order valence-electron chi connectivity index (χ2n) is 3.21. The minimum absolute atomic E-state index is 0.969. The van der Waals surface area contributed by atoms with Gasteiger partial charge in [-0.05, 0) is 19.1 Å². The number of hydrogen-bond donors (Lipinski definition) is 1. The zero-order valence-corrected chi connectivity index (χ0v) is 7.28. The van der Waals surface area contributed by atoms with Crippen LogP contribution in [0.25, 0.3) is 16.6 Å². The zero-order valence-electron chi connectivity index (χ0n) is 7.28. The van der Waals surface area contributed by atoms with Crippen LogP contribution in [0.5, 0.6) is 0 Å². The van der Waals surface area contributed by atoms with Gasteiger partial charge in [0, 0.05) is 12.4 Å². The van der Waals surface area contributed by atoms with E-state index in [4.69, 9.17) is 0 Å². The Balaban J connectivity index is 2.60. The molecular formula is C10H9N3. The van der Waals surface area contributed by atoms with Crippen molar-refractivity contribution in [1.82, 2.24) is 14.4 Å². The first kappa shape index (κ1) is 6.71. The fraction of sp³-hybridized carbons (Fsp3) is 0.100. The van der Waals surface area contributed by atoms with Crippen LogP contribution in [0.1, 0.15) is 5.82 Å². The summed E-state index contributed by atoms with van der Waals surface area (Å²) in [5.74, 6) is 0.969. The highest BCUT2D eigenvalue weighted by atomic mass is 15.0. The van der Waals surface area contributed by atoms with Crippen molar-refractivity contribution >= 4 is 16.6 Å². The van der Waals surface area contributed by atoms with Crippen LogP contribution in [-0.4, -0.2) is 14.4 Å². The molecule has 0 bridgehead atoms. The van der Waals surface area contributed by atoms with Crippen molar-refractivity contribution in [1.29, 1.82) is 0 Å². The number of nitrogens with zero attached hydrogens (tertiary/aromatic N) is 2. The maximum atomic E-state index is 4.42. The van der Waals surface area contributed by atoms with Crippen LogP contribution in [0.15, 0.2) is 30.6 Å². The lowest BCUT2D eigenvalue weighted by molar-refractivity contribution is 1.14. The van der Waals surface area contributed by atoms with Gasteiger partial charge in [0.05, 0.1) is 11.0 Å². The number of hydrogen-bond acceptors (Lipinski definition) is 1. The quantitative estimate of drug-likeness (QED) is 0.552. The Labute approximate surface area is 75.0 Å². The van der Waals surface area contributed by atoms with Crippen molar-refractivity contribution in [2.75, 3.05) is 0 Å². The summed E-state index contributed by atoms with van der Waals surface area (Å²) in [4.78, 5) is 7.64. The van der Waals surface area contributed by atoms with Crippen LogP contribution in [-0.2, 0) is 0 Å². The van der Waals surface area contributed by atoms with Gasteiger partial charge in [-0.15, -0.1) is 0 Å². The monoisotopic (exact) mass is 171 g/mol. The molecule has 1 N–H and O–H groups in total. The number of H-pyrrole nitrogens is 1. The molecule has 0 aliphatic heterocycles. The molecule has 3 heterocycles. The highest BCUT2D eigenvalue weighted by Gasteiger charge is 2.05. The number of nitrogens with one attached hydrogen (secondary N) is 1. The van der Waals surface area contributed by atoms with E-state index >= 15 is 0 Å². The van der Waals surface area contributed by atoms with E-state index in [1.54, 1.807) is 0 Å². The molecule has 3 nitrogen and oxygen atoms in total. The van der Waals surface area contributed by atoms with Crippen molar-refractivity contribution < 1.29 is 0 Å². The van der Waals surface area contributed by atoms with Crippen LogP contribution in [0.2, 0.25) is 0 Å². The molecule has 3 rings (SSSR count). The van der Waals surface area contributed by atoms with Crippen molar-refractivity contribution in [2.24, 2.45) is 0 Å². The molecule has 64 valence electrons. The Bertz CT molecular complexity index is 574. The average Bonchev–Trinajstić information content (AvgIpc) is 2.60. The smallest absolute Gasteiger partial charge is 0.114 e. The molecule has 3 heteroatoms. The van der Waals surface area contributed by atoms with Gasteiger partial charge in [-0.25, -0.2) is 4.98 Å². The number of aromatic nitrogens is 3. The van der Waals surface area contributed by atoms with Crippen LogP contribution in [0.4, 0.5) is 0 Å². The van der Waals surface area contributed by atoms with Gasteiger partial charge in [0.15, 0.2) is 0 Å². The van der Waals surface area contributed by atoms with Gasteiger partial charge in [0.2, 0.25) is 0 Å². The minimum Gasteiger partial charge on any atom is -0.341 e. The van der Waals surface area contributed by atoms with E-state index in [1.165, 1.54) is 0 Å². The Hall–Kier alpha value is -1.77. The number of rotatable bonds is 0. The lowest BCUT2D eigenvalue weighted by atomic mass is 10.4. The Morgan fingerprint density at radius 3 is 3.23 bits per heavy atom. The highest BCUT2D eigenvalue weighted by Crippen LogP contribution is 2.18. The second kappa shape index (κ2) is 2.13. The normalized spacial score (nSPS) is 11.5. The molecule has 0 spiro atoms.